The summed E-state index contributed by atoms with van der Waals surface area (Å²) in [6, 6.07) is 41.3. The normalized spacial score (nSPS) is 14.2. The van der Waals surface area contributed by atoms with Gasteiger partial charge in [0.2, 0.25) is 11.8 Å². The maximum atomic E-state index is 12.5. The van der Waals surface area contributed by atoms with Crippen molar-refractivity contribution in [1.82, 2.24) is 65.8 Å². The van der Waals surface area contributed by atoms with Gasteiger partial charge in [-0.2, -0.15) is 15.3 Å². The van der Waals surface area contributed by atoms with E-state index in [2.05, 4.69) is 120 Å². The second kappa shape index (κ2) is 33.5. The summed E-state index contributed by atoms with van der Waals surface area (Å²) in [7, 11) is 1.64. The van der Waals surface area contributed by atoms with Crippen LogP contribution < -0.4 is 51.9 Å². The van der Waals surface area contributed by atoms with Gasteiger partial charge in [0.1, 0.15) is 40.5 Å². The molecule has 27 nitrogen and oxygen atoms in total. The van der Waals surface area contributed by atoms with E-state index >= 15 is 0 Å². The number of rotatable bonds is 24. The Morgan fingerprint density at radius 1 is 0.552 bits per heavy atom. The summed E-state index contributed by atoms with van der Waals surface area (Å²) in [6.45, 7) is 27.6. The Kier molecular flexibility index (Phi) is 24.4. The van der Waals surface area contributed by atoms with Crippen molar-refractivity contribution < 1.29 is 37.1 Å². The molecule has 11 N–H and O–H groups in total. The molecule has 9 heterocycles. The van der Waals surface area contributed by atoms with Gasteiger partial charge < -0.3 is 61.8 Å². The van der Waals surface area contributed by atoms with Gasteiger partial charge in [-0.15, -0.1) is 0 Å². The van der Waals surface area contributed by atoms with Crippen LogP contribution in [0.15, 0.2) is 164 Å². The van der Waals surface area contributed by atoms with Crippen molar-refractivity contribution in [2.75, 3.05) is 93.0 Å². The van der Waals surface area contributed by atoms with Gasteiger partial charge in [-0.1, -0.05) is 58.4 Å². The topological polar surface area (TPSA) is 338 Å². The zero-order valence-electron chi connectivity index (χ0n) is 60.8. The number of methoxy groups -OCH3 is 1. The first-order valence-electron chi connectivity index (χ1n) is 34.4. The molecule has 3 saturated heterocycles. The highest BCUT2D eigenvalue weighted by atomic mass is 35.5. The van der Waals surface area contributed by atoms with Crippen LogP contribution in [0.3, 0.4) is 0 Å². The standard InChI is InChI=1S/C25H24ClN7O2S.C25H34N8OS.C24H31N7O2S.9H2/c1-35-15-17-13-22(32-31-17)28-21-14-23(33-11-4-12-33)30-25(29-21)36-18-9-7-16(8-10-18)27-24(34)19-5-2-3-6-20(19)26;1-7-22(34)26-17-8-10-18(11-9-17)35-23-28-19(27-20-12-16(2)30-31-20)13-21(29-23)33-14-25(6,15-33)32-24(3,4)5;1-6-21(32)25-16-7-9-17(10-8-16)34-22-27-18(26-19-11-15(2)29-30-19)12-20(28-22)31-13-24(33,14-31)23(3,4)5;;;;;;;;;/h2-3,5-10,13-14H,4,11-12,15H2,1H3,(H,27,34)(H2,28,29,30,31,32);8-13,32H,7,14-15H2,1-6H3,(H,26,34)(H2,27,28,29,30,31);7-12,33H,6,13-14H2,1-5H3,(H,25,32)(H2,26,27,28,29,30);9*1H. The molecule has 0 spiro atoms. The molecule has 13 rings (SSSR count). The summed E-state index contributed by atoms with van der Waals surface area (Å²) in [6.07, 6.45) is 2.03. The van der Waals surface area contributed by atoms with E-state index in [9.17, 15) is 19.5 Å². The molecule has 0 radical (unpaired) electrons. The number of amides is 3. The number of aromatic nitrogens is 12. The number of carbonyl (C=O) groups is 3. The molecule has 0 atom stereocenters. The van der Waals surface area contributed by atoms with Crippen LogP contribution in [0, 0.1) is 19.3 Å². The number of β-amino-alcohol motifs (C(OH)–C–C–N with tert-alkyl or cyclic N) is 1. The van der Waals surface area contributed by atoms with Crippen LogP contribution in [-0.2, 0) is 20.9 Å². The first-order chi connectivity index (χ1) is 50.1. The molecule has 6 aromatic heterocycles. The van der Waals surface area contributed by atoms with Gasteiger partial charge in [0.15, 0.2) is 32.9 Å². The molecule has 0 aliphatic carbocycles. The number of aromatic amines is 3. The van der Waals surface area contributed by atoms with Crippen LogP contribution >= 0.6 is 46.9 Å². The average Bonchev–Trinajstić information content (AvgIpc) is 0.833. The first-order valence-corrected chi connectivity index (χ1v) is 37.3. The van der Waals surface area contributed by atoms with Crippen LogP contribution in [0.2, 0.25) is 5.02 Å². The number of halogens is 1. The van der Waals surface area contributed by atoms with E-state index in [-0.39, 0.29) is 47.1 Å². The quantitative estimate of drug-likeness (QED) is 0.0250. The van der Waals surface area contributed by atoms with Crippen molar-refractivity contribution in [3.8, 4) is 0 Å². The summed E-state index contributed by atoms with van der Waals surface area (Å²) in [5, 5.41) is 56.9. The molecule has 0 bridgehead atoms. The SMILES string of the molecule is CCC(=O)Nc1ccc(Sc2nc(Nc3cc(C)[nH]n3)cc(N3CC(C)(NC(C)(C)C)C3)n2)cc1.CCC(=O)Nc1ccc(Sc2nc(Nc3cc(C)[nH]n3)cc(N3CC(O)(C(C)(C)C)C3)n2)cc1.COCc1cc(Nc2cc(N3CCC3)nc(Sc3ccc(NC(=O)c4ccccc4Cl)cc3)n2)n[nH]1.[HH].[HH].[HH].[HH].[HH].[HH].[HH].[HH].[HH]. The molecular formula is C74H107ClN22O5S3. The summed E-state index contributed by atoms with van der Waals surface area (Å²) < 4.78 is 5.14. The van der Waals surface area contributed by atoms with Crippen LogP contribution in [0.5, 0.6) is 0 Å². The number of aryl methyl sites for hydroxylation is 2. The van der Waals surface area contributed by atoms with E-state index in [1.165, 1.54) is 35.3 Å². The van der Waals surface area contributed by atoms with Crippen molar-refractivity contribution in [1.29, 1.82) is 0 Å². The van der Waals surface area contributed by atoms with Gasteiger partial charge in [-0.25, -0.2) is 29.9 Å². The Morgan fingerprint density at radius 2 is 0.962 bits per heavy atom. The van der Waals surface area contributed by atoms with Crippen LogP contribution in [0.1, 0.15) is 122 Å². The Hall–Kier alpha value is -9.82. The molecule has 3 amide bonds. The predicted octanol–water partition coefficient (Wildman–Crippen LogP) is 16.6. The van der Waals surface area contributed by atoms with Gasteiger partial charge >= 0.3 is 0 Å². The molecule has 4 aromatic carbocycles. The Morgan fingerprint density at radius 3 is 1.34 bits per heavy atom. The van der Waals surface area contributed by atoms with Crippen LogP contribution in [0.4, 0.5) is 69.4 Å². The molecular weight excluding hydrogens is 1410 g/mol. The number of nitrogens with one attached hydrogen (secondary N) is 10. The van der Waals surface area contributed by atoms with Gasteiger partial charge in [-0.05, 0) is 174 Å². The zero-order valence-corrected chi connectivity index (χ0v) is 64.0. The first kappa shape index (κ1) is 76.3. The lowest BCUT2D eigenvalue weighted by Gasteiger charge is -2.54. The molecule has 105 heavy (non-hydrogen) atoms. The second-order valence-electron chi connectivity index (χ2n) is 28.0. The minimum atomic E-state index is -0.767. The van der Waals surface area contributed by atoms with Crippen LogP contribution in [0.25, 0.3) is 0 Å². The van der Waals surface area contributed by atoms with Crippen molar-refractivity contribution >= 4 is 134 Å². The molecule has 31 heteroatoms. The van der Waals surface area contributed by atoms with Crippen molar-refractivity contribution in [3.63, 3.8) is 0 Å². The minimum absolute atomic E-state index is 0. The predicted molar refractivity (Wildman–Crippen MR) is 437 cm³/mol. The largest absolute Gasteiger partial charge is 0.386 e. The van der Waals surface area contributed by atoms with E-state index in [0.717, 1.165) is 93.2 Å². The number of nitrogens with zero attached hydrogens (tertiary/aromatic N) is 12. The molecule has 10 aromatic rings. The fourth-order valence-electron chi connectivity index (χ4n) is 11.3. The molecule has 3 aliphatic rings. The number of anilines is 12. The van der Waals surface area contributed by atoms with Crippen LogP contribution in [-0.4, -0.2) is 146 Å². The Labute approximate surface area is 642 Å². The summed E-state index contributed by atoms with van der Waals surface area (Å²) >= 11 is 10.5. The number of hydrogen-bond donors (Lipinski definition) is 11. The Balaban J connectivity index is 0.000000558. The summed E-state index contributed by atoms with van der Waals surface area (Å²) in [4.78, 5) is 73.6. The highest BCUT2D eigenvalue weighted by Gasteiger charge is 2.50. The number of benzene rings is 4. The number of H-pyrrole nitrogens is 3. The van der Waals surface area contributed by atoms with E-state index in [1.807, 2.05) is 158 Å². The van der Waals surface area contributed by atoms with Gasteiger partial charge in [0.25, 0.3) is 5.91 Å². The number of hydrogen-bond acceptors (Lipinski definition) is 24. The van der Waals surface area contributed by atoms with E-state index < -0.39 is 5.60 Å². The molecule has 568 valence electrons. The number of ether oxygens (including phenoxy) is 1. The number of carbonyl (C=O) groups excluding carboxylic acids is 3. The van der Waals surface area contributed by atoms with E-state index in [0.29, 0.717) is 99.2 Å². The third-order valence-electron chi connectivity index (χ3n) is 16.8. The molecule has 0 saturated carbocycles. The lowest BCUT2D eigenvalue weighted by atomic mass is 9.71. The minimum Gasteiger partial charge on any atom is -0.386 e. The van der Waals surface area contributed by atoms with Crippen molar-refractivity contribution in [2.24, 2.45) is 5.41 Å². The van der Waals surface area contributed by atoms with Crippen molar-refractivity contribution in [3.05, 3.63) is 161 Å². The number of aliphatic hydroxyl groups is 1. The monoisotopic (exact) mass is 1510 g/mol. The third kappa shape index (κ3) is 21.2. The molecule has 3 fully saturated rings. The maximum Gasteiger partial charge on any atom is 0.257 e. The highest BCUT2D eigenvalue weighted by Crippen LogP contribution is 2.42. The van der Waals surface area contributed by atoms with Crippen molar-refractivity contribution in [2.45, 2.75) is 149 Å². The molecule has 0 unspecified atom stereocenters. The summed E-state index contributed by atoms with van der Waals surface area (Å²) in [5.74, 6) is 6.21. The van der Waals surface area contributed by atoms with Gasteiger partial charge in [-0.3, -0.25) is 29.7 Å². The highest BCUT2D eigenvalue weighted by molar-refractivity contribution is 7.99. The second-order valence-corrected chi connectivity index (χ2v) is 31.6. The summed E-state index contributed by atoms with van der Waals surface area (Å²) in [5.41, 5.74) is 4.50. The lowest BCUT2D eigenvalue weighted by Crippen LogP contribution is -2.71. The van der Waals surface area contributed by atoms with E-state index in [4.69, 9.17) is 36.3 Å². The Bertz CT molecular complexity index is 4670. The smallest absolute Gasteiger partial charge is 0.257 e. The fourth-order valence-corrected chi connectivity index (χ4v) is 13.8. The van der Waals surface area contributed by atoms with Gasteiger partial charge in [0, 0.05) is 144 Å². The van der Waals surface area contributed by atoms with E-state index in [1.54, 1.807) is 31.4 Å². The van der Waals surface area contributed by atoms with Gasteiger partial charge in [0.05, 0.1) is 41.5 Å². The fraction of sp³-hybridized carbons (Fsp3) is 0.351. The third-order valence-corrected chi connectivity index (χ3v) is 19.8. The maximum absolute atomic E-state index is 12.5. The average molecular weight is 1520 g/mol. The molecule has 3 aliphatic heterocycles. The lowest BCUT2D eigenvalue weighted by molar-refractivity contribution is -0.116. The zero-order chi connectivity index (χ0) is 74.6.